The zero-order valence-electron chi connectivity index (χ0n) is 19.6. The lowest BCUT2D eigenvalue weighted by Gasteiger charge is -2.17. The Bertz CT molecular complexity index is 592. The van der Waals surface area contributed by atoms with E-state index in [0.717, 1.165) is 71.3 Å². The number of carbonyl (C=O) groups is 3. The van der Waals surface area contributed by atoms with Gasteiger partial charge >= 0.3 is 13.9 Å². The van der Waals surface area contributed by atoms with Gasteiger partial charge in [-0.3, -0.25) is 18.6 Å². The molecule has 2 atom stereocenters. The average molecular weight is 481 g/mol. The van der Waals surface area contributed by atoms with E-state index in [2.05, 4.69) is 25.8 Å². The van der Waals surface area contributed by atoms with Crippen LogP contribution in [0.15, 0.2) is 0 Å². The molecule has 12 heteroatoms. The first-order valence-corrected chi connectivity index (χ1v) is 12.7. The summed E-state index contributed by atoms with van der Waals surface area (Å²) in [6.45, 7) is 0.742. The van der Waals surface area contributed by atoms with Gasteiger partial charge in [-0.05, 0) is 12.8 Å². The van der Waals surface area contributed by atoms with Crippen LogP contribution in [0.25, 0.3) is 0 Å². The molecule has 0 aliphatic heterocycles. The predicted octanol–water partition coefficient (Wildman–Crippen LogP) is 2.20. The molecular formula is C20H41N4O7P. The maximum absolute atomic E-state index is 11.9. The SMILES string of the molecule is CNC(=O)CC(NC(=O)NCCCCCCCCCCCCOP(=O)(O)OC)C(=O)NC. The zero-order valence-corrected chi connectivity index (χ0v) is 20.5. The first-order valence-electron chi connectivity index (χ1n) is 11.2. The summed E-state index contributed by atoms with van der Waals surface area (Å²) >= 11 is 0. The molecule has 2 unspecified atom stereocenters. The van der Waals surface area contributed by atoms with E-state index in [1.165, 1.54) is 14.1 Å². The van der Waals surface area contributed by atoms with Crippen LogP contribution in [-0.2, 0) is 23.2 Å². The van der Waals surface area contributed by atoms with Gasteiger partial charge in [0.2, 0.25) is 11.8 Å². The predicted molar refractivity (Wildman–Crippen MR) is 122 cm³/mol. The maximum Gasteiger partial charge on any atom is 0.471 e. The fourth-order valence-corrected chi connectivity index (χ4v) is 3.42. The molecule has 5 N–H and O–H groups in total. The normalized spacial score (nSPS) is 13.6. The lowest BCUT2D eigenvalue weighted by molar-refractivity contribution is -0.127. The van der Waals surface area contributed by atoms with E-state index in [-0.39, 0.29) is 18.9 Å². The Hall–Kier alpha value is -1.68. The van der Waals surface area contributed by atoms with Gasteiger partial charge in [0, 0.05) is 27.7 Å². The second kappa shape index (κ2) is 18.8. The van der Waals surface area contributed by atoms with Gasteiger partial charge < -0.3 is 26.2 Å². The van der Waals surface area contributed by atoms with Crippen molar-refractivity contribution < 1.29 is 32.9 Å². The van der Waals surface area contributed by atoms with Gasteiger partial charge in [-0.25, -0.2) is 9.36 Å². The van der Waals surface area contributed by atoms with E-state index < -0.39 is 25.8 Å². The molecule has 0 bridgehead atoms. The largest absolute Gasteiger partial charge is 0.471 e. The third kappa shape index (κ3) is 16.9. The summed E-state index contributed by atoms with van der Waals surface area (Å²) in [5, 5.41) is 10.1. The van der Waals surface area contributed by atoms with Crippen molar-refractivity contribution in [2.24, 2.45) is 0 Å². The zero-order chi connectivity index (χ0) is 24.2. The van der Waals surface area contributed by atoms with Crippen LogP contribution in [0.1, 0.15) is 70.6 Å². The Morgan fingerprint density at radius 3 is 1.91 bits per heavy atom. The Morgan fingerprint density at radius 1 is 0.875 bits per heavy atom. The minimum absolute atomic E-state index is 0.115. The first kappa shape index (κ1) is 30.3. The summed E-state index contributed by atoms with van der Waals surface area (Å²) in [7, 11) is 0.240. The molecule has 0 saturated carbocycles. The highest BCUT2D eigenvalue weighted by atomic mass is 31.2. The van der Waals surface area contributed by atoms with Crippen LogP contribution in [-0.4, -0.2) is 63.1 Å². The van der Waals surface area contributed by atoms with Crippen LogP contribution in [0.3, 0.4) is 0 Å². The summed E-state index contributed by atoms with van der Waals surface area (Å²) in [4.78, 5) is 44.3. The molecular weight excluding hydrogens is 439 g/mol. The van der Waals surface area contributed by atoms with Crippen molar-refractivity contribution in [3.05, 3.63) is 0 Å². The molecule has 32 heavy (non-hydrogen) atoms. The van der Waals surface area contributed by atoms with Crippen molar-refractivity contribution in [1.29, 1.82) is 0 Å². The van der Waals surface area contributed by atoms with E-state index in [9.17, 15) is 18.9 Å². The average Bonchev–Trinajstić information content (AvgIpc) is 2.77. The molecule has 0 aromatic heterocycles. The molecule has 0 rings (SSSR count). The van der Waals surface area contributed by atoms with E-state index in [4.69, 9.17) is 9.42 Å². The highest BCUT2D eigenvalue weighted by molar-refractivity contribution is 7.47. The number of phosphoric ester groups is 1. The Balaban J connectivity index is 3.61. The Kier molecular flexibility index (Phi) is 17.9. The highest BCUT2D eigenvalue weighted by Crippen LogP contribution is 2.41. The molecule has 0 aromatic carbocycles. The van der Waals surface area contributed by atoms with Gasteiger partial charge in [-0.1, -0.05) is 51.4 Å². The van der Waals surface area contributed by atoms with Crippen LogP contribution >= 0.6 is 7.82 Å². The second-order valence-electron chi connectivity index (χ2n) is 7.46. The molecule has 0 aromatic rings. The summed E-state index contributed by atoms with van der Waals surface area (Å²) in [5.74, 6) is -0.743. The molecule has 0 aliphatic rings. The number of unbranched alkanes of at least 4 members (excludes halogenated alkanes) is 9. The van der Waals surface area contributed by atoms with Crippen LogP contribution < -0.4 is 21.3 Å². The van der Waals surface area contributed by atoms with Gasteiger partial charge in [0.15, 0.2) is 0 Å². The standard InChI is InChI=1S/C20H41N4O7P/c1-21-18(25)16-17(19(26)22-2)24-20(27)23-14-12-10-8-6-4-5-7-9-11-13-15-31-32(28,29)30-3/h17H,4-16H2,1-3H3,(H,21,25)(H,22,26)(H,28,29)(H2,23,24,27). The smallest absolute Gasteiger partial charge is 0.359 e. The van der Waals surface area contributed by atoms with Crippen molar-refractivity contribution >= 4 is 25.7 Å². The fraction of sp³-hybridized carbons (Fsp3) is 0.850. The third-order valence-corrected chi connectivity index (χ3v) is 5.85. The number of amides is 4. The molecule has 4 amide bonds. The number of hydrogen-bond donors (Lipinski definition) is 5. The summed E-state index contributed by atoms with van der Waals surface area (Å²) in [6.07, 6.45) is 10.2. The molecule has 0 aliphatic carbocycles. The Morgan fingerprint density at radius 2 is 1.41 bits per heavy atom. The van der Waals surface area contributed by atoms with Crippen molar-refractivity contribution in [2.45, 2.75) is 76.7 Å². The highest BCUT2D eigenvalue weighted by Gasteiger charge is 2.22. The number of nitrogens with one attached hydrogen (secondary N) is 4. The van der Waals surface area contributed by atoms with Gasteiger partial charge in [0.25, 0.3) is 0 Å². The maximum atomic E-state index is 11.9. The van der Waals surface area contributed by atoms with Crippen molar-refractivity contribution in [2.75, 3.05) is 34.4 Å². The molecule has 0 radical (unpaired) electrons. The molecule has 0 saturated heterocycles. The second-order valence-corrected chi connectivity index (χ2v) is 9.02. The van der Waals surface area contributed by atoms with Gasteiger partial charge in [-0.15, -0.1) is 0 Å². The minimum atomic E-state index is -3.84. The van der Waals surface area contributed by atoms with Crippen LogP contribution in [0, 0.1) is 0 Å². The lowest BCUT2D eigenvalue weighted by Crippen LogP contribution is -2.51. The number of urea groups is 1. The van der Waals surface area contributed by atoms with Gasteiger partial charge in [0.1, 0.15) is 6.04 Å². The summed E-state index contributed by atoms with van der Waals surface area (Å²) < 4.78 is 20.2. The van der Waals surface area contributed by atoms with Gasteiger partial charge in [-0.2, -0.15) is 0 Å². The molecule has 11 nitrogen and oxygen atoms in total. The molecule has 0 spiro atoms. The summed E-state index contributed by atoms with van der Waals surface area (Å²) in [5.41, 5.74) is 0. The van der Waals surface area contributed by atoms with E-state index in [1.54, 1.807) is 0 Å². The van der Waals surface area contributed by atoms with E-state index in [1.807, 2.05) is 0 Å². The monoisotopic (exact) mass is 480 g/mol. The van der Waals surface area contributed by atoms with E-state index >= 15 is 0 Å². The van der Waals surface area contributed by atoms with Crippen molar-refractivity contribution in [3.8, 4) is 0 Å². The molecule has 0 fully saturated rings. The quantitative estimate of drug-likeness (QED) is 0.140. The van der Waals surface area contributed by atoms with Crippen LogP contribution in [0.5, 0.6) is 0 Å². The van der Waals surface area contributed by atoms with Crippen LogP contribution in [0.4, 0.5) is 4.79 Å². The number of hydrogen-bond acceptors (Lipinski definition) is 6. The number of phosphoric acid groups is 1. The summed E-state index contributed by atoms with van der Waals surface area (Å²) in [6, 6.07) is -1.37. The Labute approximate surface area is 191 Å². The van der Waals surface area contributed by atoms with Crippen LogP contribution in [0.2, 0.25) is 0 Å². The number of likely N-dealkylation sites (N-methyl/N-ethyl adjacent to an activating group) is 1. The third-order valence-electron chi connectivity index (χ3n) is 4.88. The number of carbonyl (C=O) groups excluding carboxylic acids is 3. The minimum Gasteiger partial charge on any atom is -0.359 e. The van der Waals surface area contributed by atoms with Crippen molar-refractivity contribution in [1.82, 2.24) is 21.3 Å². The topological polar surface area (TPSA) is 155 Å². The van der Waals surface area contributed by atoms with Crippen molar-refractivity contribution in [3.63, 3.8) is 0 Å². The first-order chi connectivity index (χ1) is 15.3. The van der Waals surface area contributed by atoms with Gasteiger partial charge in [0.05, 0.1) is 13.0 Å². The number of rotatable bonds is 19. The molecule has 0 heterocycles. The molecule has 188 valence electrons. The van der Waals surface area contributed by atoms with E-state index in [0.29, 0.717) is 6.54 Å². The lowest BCUT2D eigenvalue weighted by atomic mass is 10.1. The fourth-order valence-electron chi connectivity index (χ4n) is 2.96.